The molecule has 1 N–H and O–H groups in total. The smallest absolute Gasteiger partial charge is 0.0991 e. The molecule has 0 aromatic carbocycles. The third kappa shape index (κ3) is 4.39. The molecule has 4 heteroatoms. The van der Waals surface area contributed by atoms with Crippen LogP contribution in [0.25, 0.3) is 0 Å². The number of thiazole rings is 1. The highest BCUT2D eigenvalue weighted by molar-refractivity contribution is 7.11. The molecule has 0 amide bonds. The topological polar surface area (TPSA) is 37.8 Å². The number of pyridine rings is 1. The molecule has 0 saturated heterocycles. The van der Waals surface area contributed by atoms with E-state index in [0.717, 1.165) is 31.5 Å². The fraction of sp³-hybridized carbons (Fsp3) is 0.500. The van der Waals surface area contributed by atoms with Crippen LogP contribution in [0.15, 0.2) is 24.4 Å². The van der Waals surface area contributed by atoms with Gasteiger partial charge in [-0.25, -0.2) is 4.98 Å². The normalized spacial score (nSPS) is 11.2. The van der Waals surface area contributed by atoms with E-state index in [1.54, 1.807) is 0 Å². The highest BCUT2D eigenvalue weighted by Crippen LogP contribution is 2.22. The molecule has 2 rings (SSSR count). The van der Waals surface area contributed by atoms with Gasteiger partial charge in [0.25, 0.3) is 0 Å². The Morgan fingerprint density at radius 3 is 2.80 bits per heavy atom. The molecular weight excluding hydrogens is 266 g/mol. The fourth-order valence-electron chi connectivity index (χ4n) is 2.04. The lowest BCUT2D eigenvalue weighted by Crippen LogP contribution is -2.21. The van der Waals surface area contributed by atoms with Crippen molar-refractivity contribution in [3.8, 4) is 0 Å². The fourth-order valence-corrected chi connectivity index (χ4v) is 3.12. The first-order valence-electron chi connectivity index (χ1n) is 7.29. The SMILES string of the molecule is CCCc1nc(Cc2ccccn2)sc1CNC(C)C. The van der Waals surface area contributed by atoms with Crippen molar-refractivity contribution in [2.24, 2.45) is 0 Å². The Kier molecular flexibility index (Phi) is 5.68. The Morgan fingerprint density at radius 1 is 1.30 bits per heavy atom. The average molecular weight is 289 g/mol. The zero-order valence-electron chi connectivity index (χ0n) is 12.5. The van der Waals surface area contributed by atoms with E-state index in [9.17, 15) is 0 Å². The van der Waals surface area contributed by atoms with Gasteiger partial charge in [0, 0.05) is 35.8 Å². The van der Waals surface area contributed by atoms with Crippen LogP contribution in [0, 0.1) is 0 Å². The zero-order chi connectivity index (χ0) is 14.4. The van der Waals surface area contributed by atoms with Gasteiger partial charge in [0.05, 0.1) is 10.7 Å². The van der Waals surface area contributed by atoms with Crippen LogP contribution in [0.1, 0.15) is 48.5 Å². The molecule has 0 aliphatic heterocycles. The highest BCUT2D eigenvalue weighted by Gasteiger charge is 2.11. The van der Waals surface area contributed by atoms with E-state index in [1.165, 1.54) is 15.6 Å². The van der Waals surface area contributed by atoms with Gasteiger partial charge in [0.1, 0.15) is 0 Å². The van der Waals surface area contributed by atoms with Crippen molar-refractivity contribution in [1.82, 2.24) is 15.3 Å². The number of rotatable bonds is 7. The largest absolute Gasteiger partial charge is 0.310 e. The van der Waals surface area contributed by atoms with Crippen molar-refractivity contribution in [3.63, 3.8) is 0 Å². The first kappa shape index (κ1) is 15.1. The first-order valence-corrected chi connectivity index (χ1v) is 8.11. The lowest BCUT2D eigenvalue weighted by molar-refractivity contribution is 0.589. The summed E-state index contributed by atoms with van der Waals surface area (Å²) in [7, 11) is 0. The predicted octanol–water partition coefficient (Wildman–Crippen LogP) is 3.58. The second-order valence-electron chi connectivity index (χ2n) is 5.26. The molecule has 0 saturated carbocycles. The minimum absolute atomic E-state index is 0.505. The third-order valence-corrected chi connectivity index (χ3v) is 4.14. The van der Waals surface area contributed by atoms with Crippen molar-refractivity contribution in [1.29, 1.82) is 0 Å². The molecule has 0 radical (unpaired) electrons. The van der Waals surface area contributed by atoms with E-state index >= 15 is 0 Å². The van der Waals surface area contributed by atoms with Crippen LogP contribution in [0.5, 0.6) is 0 Å². The van der Waals surface area contributed by atoms with Crippen LogP contribution < -0.4 is 5.32 Å². The quantitative estimate of drug-likeness (QED) is 0.846. The van der Waals surface area contributed by atoms with Gasteiger partial charge in [0.15, 0.2) is 0 Å². The van der Waals surface area contributed by atoms with Crippen LogP contribution >= 0.6 is 11.3 Å². The zero-order valence-corrected chi connectivity index (χ0v) is 13.3. The molecule has 0 atom stereocenters. The minimum Gasteiger partial charge on any atom is -0.310 e. The Balaban J connectivity index is 2.11. The van der Waals surface area contributed by atoms with Crippen molar-refractivity contribution in [2.45, 2.75) is 52.6 Å². The van der Waals surface area contributed by atoms with E-state index in [-0.39, 0.29) is 0 Å². The van der Waals surface area contributed by atoms with Crippen molar-refractivity contribution >= 4 is 11.3 Å². The second-order valence-corrected chi connectivity index (χ2v) is 6.43. The number of aryl methyl sites for hydroxylation is 1. The van der Waals surface area contributed by atoms with Crippen molar-refractivity contribution in [2.75, 3.05) is 0 Å². The lowest BCUT2D eigenvalue weighted by Gasteiger charge is -2.07. The van der Waals surface area contributed by atoms with Gasteiger partial charge in [-0.15, -0.1) is 11.3 Å². The molecule has 0 aliphatic rings. The maximum absolute atomic E-state index is 4.81. The van der Waals surface area contributed by atoms with E-state index in [4.69, 9.17) is 4.98 Å². The van der Waals surface area contributed by atoms with Crippen LogP contribution in [0.2, 0.25) is 0 Å². The molecule has 20 heavy (non-hydrogen) atoms. The standard InChI is InChI=1S/C16H23N3S/c1-4-7-14-15(11-18-12(2)3)20-16(19-14)10-13-8-5-6-9-17-13/h5-6,8-9,12,18H,4,7,10-11H2,1-3H3. The molecule has 0 unspecified atom stereocenters. The summed E-state index contributed by atoms with van der Waals surface area (Å²) in [5.41, 5.74) is 2.35. The molecule has 0 bridgehead atoms. The number of hydrogen-bond acceptors (Lipinski definition) is 4. The van der Waals surface area contributed by atoms with Crippen molar-refractivity contribution in [3.05, 3.63) is 45.7 Å². The van der Waals surface area contributed by atoms with E-state index in [1.807, 2.05) is 29.7 Å². The van der Waals surface area contributed by atoms with Crippen LogP contribution in [0.4, 0.5) is 0 Å². The summed E-state index contributed by atoms with van der Waals surface area (Å²) in [6, 6.07) is 6.55. The molecule has 0 fully saturated rings. The third-order valence-electron chi connectivity index (χ3n) is 3.04. The Bertz CT molecular complexity index is 520. The number of nitrogens with one attached hydrogen (secondary N) is 1. The Labute approximate surface area is 125 Å². The molecule has 3 nitrogen and oxygen atoms in total. The highest BCUT2D eigenvalue weighted by atomic mass is 32.1. The summed E-state index contributed by atoms with van der Waals surface area (Å²) < 4.78 is 0. The lowest BCUT2D eigenvalue weighted by atomic mass is 10.2. The minimum atomic E-state index is 0.505. The van der Waals surface area contributed by atoms with Gasteiger partial charge in [-0.1, -0.05) is 33.3 Å². The summed E-state index contributed by atoms with van der Waals surface area (Å²) in [5.74, 6) is 0. The van der Waals surface area contributed by atoms with E-state index < -0.39 is 0 Å². The predicted molar refractivity (Wildman–Crippen MR) is 85.1 cm³/mol. The number of aromatic nitrogens is 2. The van der Waals surface area contributed by atoms with Gasteiger partial charge in [-0.3, -0.25) is 4.98 Å². The first-order chi connectivity index (χ1) is 9.69. The molecule has 2 aromatic heterocycles. The van der Waals surface area contributed by atoms with Crippen LogP contribution in [-0.4, -0.2) is 16.0 Å². The monoisotopic (exact) mass is 289 g/mol. The molecular formula is C16H23N3S. The van der Waals surface area contributed by atoms with Gasteiger partial charge in [-0.2, -0.15) is 0 Å². The van der Waals surface area contributed by atoms with Gasteiger partial charge in [0.2, 0.25) is 0 Å². The summed E-state index contributed by atoms with van der Waals surface area (Å²) in [4.78, 5) is 10.6. The second kappa shape index (κ2) is 7.50. The van der Waals surface area contributed by atoms with Crippen LogP contribution in [-0.2, 0) is 19.4 Å². The van der Waals surface area contributed by atoms with Crippen LogP contribution in [0.3, 0.4) is 0 Å². The maximum atomic E-state index is 4.81. The Hall–Kier alpha value is -1.26. The number of nitrogens with zero attached hydrogens (tertiary/aromatic N) is 2. The summed E-state index contributed by atoms with van der Waals surface area (Å²) >= 11 is 1.82. The molecule has 108 valence electrons. The summed E-state index contributed by atoms with van der Waals surface area (Å²) in [6.45, 7) is 7.48. The van der Waals surface area contributed by atoms with E-state index in [2.05, 4.69) is 37.1 Å². The molecule has 2 heterocycles. The Morgan fingerprint density at radius 2 is 2.15 bits per heavy atom. The average Bonchev–Trinajstić information content (AvgIpc) is 2.80. The molecule has 0 aliphatic carbocycles. The maximum Gasteiger partial charge on any atom is 0.0991 e. The van der Waals surface area contributed by atoms with E-state index in [0.29, 0.717) is 6.04 Å². The summed E-state index contributed by atoms with van der Waals surface area (Å²) in [5, 5.41) is 4.67. The summed E-state index contributed by atoms with van der Waals surface area (Å²) in [6.07, 6.45) is 4.89. The van der Waals surface area contributed by atoms with Gasteiger partial charge < -0.3 is 5.32 Å². The van der Waals surface area contributed by atoms with Crippen molar-refractivity contribution < 1.29 is 0 Å². The van der Waals surface area contributed by atoms with Gasteiger partial charge >= 0.3 is 0 Å². The molecule has 2 aromatic rings. The van der Waals surface area contributed by atoms with Gasteiger partial charge in [-0.05, 0) is 18.6 Å². The molecule has 0 spiro atoms. The number of hydrogen-bond donors (Lipinski definition) is 1.